The maximum absolute atomic E-state index is 5.96. The molecule has 118 valence electrons. The third-order valence-electron chi connectivity index (χ3n) is 4.62. The van der Waals surface area contributed by atoms with Crippen molar-refractivity contribution in [1.82, 2.24) is 15.1 Å². The SMILES string of the molecule is CC(C)CNCc1ccc(CN2CCN3CCCC3C2)o1. The van der Waals surface area contributed by atoms with Crippen molar-refractivity contribution in [3.8, 4) is 0 Å². The highest BCUT2D eigenvalue weighted by Gasteiger charge is 2.30. The van der Waals surface area contributed by atoms with Crippen molar-refractivity contribution < 1.29 is 4.42 Å². The Morgan fingerprint density at radius 2 is 2.10 bits per heavy atom. The molecule has 1 aromatic heterocycles. The van der Waals surface area contributed by atoms with E-state index in [1.807, 2.05) is 0 Å². The number of nitrogens with one attached hydrogen (secondary N) is 1. The molecule has 2 saturated heterocycles. The van der Waals surface area contributed by atoms with Crippen molar-refractivity contribution in [2.45, 2.75) is 45.8 Å². The molecule has 21 heavy (non-hydrogen) atoms. The topological polar surface area (TPSA) is 31.6 Å². The van der Waals surface area contributed by atoms with E-state index in [4.69, 9.17) is 4.42 Å². The number of hydrogen-bond donors (Lipinski definition) is 1. The maximum Gasteiger partial charge on any atom is 0.118 e. The molecule has 2 aliphatic rings. The van der Waals surface area contributed by atoms with E-state index in [0.717, 1.165) is 37.2 Å². The predicted octanol–water partition coefficient (Wildman–Crippen LogP) is 2.31. The fourth-order valence-corrected chi connectivity index (χ4v) is 3.51. The van der Waals surface area contributed by atoms with Crippen molar-refractivity contribution in [2.75, 3.05) is 32.7 Å². The van der Waals surface area contributed by atoms with Gasteiger partial charge in [0.05, 0.1) is 13.1 Å². The summed E-state index contributed by atoms with van der Waals surface area (Å²) in [6.07, 6.45) is 2.75. The summed E-state index contributed by atoms with van der Waals surface area (Å²) in [4.78, 5) is 5.20. The van der Waals surface area contributed by atoms with E-state index in [0.29, 0.717) is 5.92 Å². The van der Waals surface area contributed by atoms with Gasteiger partial charge in [-0.15, -0.1) is 0 Å². The van der Waals surface area contributed by atoms with E-state index in [9.17, 15) is 0 Å². The summed E-state index contributed by atoms with van der Waals surface area (Å²) >= 11 is 0. The molecule has 3 heterocycles. The molecular weight excluding hydrogens is 262 g/mol. The summed E-state index contributed by atoms with van der Waals surface area (Å²) in [5, 5.41) is 3.43. The zero-order chi connectivity index (χ0) is 14.7. The Labute approximate surface area is 128 Å². The Bertz CT molecular complexity index is 443. The molecule has 1 aromatic rings. The average molecular weight is 291 g/mol. The first-order valence-corrected chi connectivity index (χ1v) is 8.45. The summed E-state index contributed by atoms with van der Waals surface area (Å²) in [5.41, 5.74) is 0. The van der Waals surface area contributed by atoms with Crippen molar-refractivity contribution in [3.63, 3.8) is 0 Å². The monoisotopic (exact) mass is 291 g/mol. The Kier molecular flexibility index (Phi) is 4.99. The summed E-state index contributed by atoms with van der Waals surface area (Å²) in [5.74, 6) is 2.86. The van der Waals surface area contributed by atoms with Gasteiger partial charge in [-0.2, -0.15) is 0 Å². The summed E-state index contributed by atoms with van der Waals surface area (Å²) in [6.45, 7) is 12.2. The Morgan fingerprint density at radius 3 is 2.95 bits per heavy atom. The van der Waals surface area contributed by atoms with Crippen LogP contribution in [0.3, 0.4) is 0 Å². The van der Waals surface area contributed by atoms with Crippen molar-refractivity contribution >= 4 is 0 Å². The Hall–Kier alpha value is -0.840. The molecule has 1 unspecified atom stereocenters. The van der Waals surface area contributed by atoms with Crippen LogP contribution in [-0.4, -0.2) is 48.6 Å². The van der Waals surface area contributed by atoms with Crippen LogP contribution in [0, 0.1) is 5.92 Å². The van der Waals surface area contributed by atoms with Gasteiger partial charge >= 0.3 is 0 Å². The average Bonchev–Trinajstić information content (AvgIpc) is 3.07. The molecule has 0 aliphatic carbocycles. The van der Waals surface area contributed by atoms with E-state index < -0.39 is 0 Å². The molecule has 4 nitrogen and oxygen atoms in total. The third kappa shape index (κ3) is 4.09. The van der Waals surface area contributed by atoms with E-state index in [1.165, 1.54) is 39.0 Å². The molecule has 0 spiro atoms. The zero-order valence-electron chi connectivity index (χ0n) is 13.5. The first-order chi connectivity index (χ1) is 10.2. The van der Waals surface area contributed by atoms with Gasteiger partial charge in [-0.3, -0.25) is 9.80 Å². The van der Waals surface area contributed by atoms with Gasteiger partial charge in [0.2, 0.25) is 0 Å². The van der Waals surface area contributed by atoms with Crippen LogP contribution in [0.1, 0.15) is 38.2 Å². The smallest absolute Gasteiger partial charge is 0.118 e. The molecule has 0 bridgehead atoms. The fraction of sp³-hybridized carbons (Fsp3) is 0.765. The van der Waals surface area contributed by atoms with Crippen LogP contribution in [-0.2, 0) is 13.1 Å². The highest BCUT2D eigenvalue weighted by Crippen LogP contribution is 2.22. The highest BCUT2D eigenvalue weighted by molar-refractivity contribution is 5.07. The molecule has 0 amide bonds. The molecule has 0 radical (unpaired) electrons. The summed E-state index contributed by atoms with van der Waals surface area (Å²) in [6, 6.07) is 5.06. The number of fused-ring (bicyclic) bond motifs is 1. The van der Waals surface area contributed by atoms with Crippen LogP contribution in [0.2, 0.25) is 0 Å². The second-order valence-electron chi connectivity index (χ2n) is 6.96. The second-order valence-corrected chi connectivity index (χ2v) is 6.96. The summed E-state index contributed by atoms with van der Waals surface area (Å²) < 4.78 is 5.96. The van der Waals surface area contributed by atoms with Crippen LogP contribution >= 0.6 is 0 Å². The fourth-order valence-electron chi connectivity index (χ4n) is 3.51. The number of nitrogens with zero attached hydrogens (tertiary/aromatic N) is 2. The van der Waals surface area contributed by atoms with Gasteiger partial charge in [-0.25, -0.2) is 0 Å². The lowest BCUT2D eigenvalue weighted by atomic mass is 10.1. The Morgan fingerprint density at radius 1 is 1.24 bits per heavy atom. The van der Waals surface area contributed by atoms with Gasteiger partial charge in [0.15, 0.2) is 0 Å². The molecule has 2 fully saturated rings. The predicted molar refractivity (Wildman–Crippen MR) is 85.1 cm³/mol. The van der Waals surface area contributed by atoms with Crippen molar-refractivity contribution in [1.29, 1.82) is 0 Å². The van der Waals surface area contributed by atoms with E-state index in [-0.39, 0.29) is 0 Å². The maximum atomic E-state index is 5.96. The lowest BCUT2D eigenvalue weighted by Gasteiger charge is -2.37. The number of furan rings is 1. The quantitative estimate of drug-likeness (QED) is 0.871. The minimum Gasteiger partial charge on any atom is -0.463 e. The van der Waals surface area contributed by atoms with Gasteiger partial charge in [0.25, 0.3) is 0 Å². The zero-order valence-corrected chi connectivity index (χ0v) is 13.5. The van der Waals surface area contributed by atoms with Crippen molar-refractivity contribution in [3.05, 3.63) is 23.7 Å². The van der Waals surface area contributed by atoms with Crippen LogP contribution in [0.5, 0.6) is 0 Å². The normalized spacial score (nSPS) is 23.9. The molecule has 0 aromatic carbocycles. The third-order valence-corrected chi connectivity index (χ3v) is 4.62. The van der Waals surface area contributed by atoms with Crippen LogP contribution in [0.15, 0.2) is 16.5 Å². The lowest BCUT2D eigenvalue weighted by Crippen LogP contribution is -2.49. The molecular formula is C17H29N3O. The van der Waals surface area contributed by atoms with Gasteiger partial charge in [-0.1, -0.05) is 13.8 Å². The van der Waals surface area contributed by atoms with Crippen LogP contribution in [0.25, 0.3) is 0 Å². The minimum atomic E-state index is 0.683. The highest BCUT2D eigenvalue weighted by atomic mass is 16.3. The molecule has 1 atom stereocenters. The largest absolute Gasteiger partial charge is 0.463 e. The second kappa shape index (κ2) is 6.95. The van der Waals surface area contributed by atoms with E-state index >= 15 is 0 Å². The first kappa shape index (κ1) is 15.1. The molecule has 4 heteroatoms. The van der Waals surface area contributed by atoms with Gasteiger partial charge < -0.3 is 9.73 Å². The first-order valence-electron chi connectivity index (χ1n) is 8.45. The van der Waals surface area contributed by atoms with Gasteiger partial charge in [0, 0.05) is 25.7 Å². The molecule has 1 N–H and O–H groups in total. The minimum absolute atomic E-state index is 0.683. The van der Waals surface area contributed by atoms with Crippen molar-refractivity contribution in [2.24, 2.45) is 5.92 Å². The van der Waals surface area contributed by atoms with E-state index in [2.05, 4.69) is 41.1 Å². The van der Waals surface area contributed by atoms with Crippen LogP contribution < -0.4 is 5.32 Å². The molecule has 2 aliphatic heterocycles. The van der Waals surface area contributed by atoms with Gasteiger partial charge in [-0.05, 0) is 44.0 Å². The number of rotatable bonds is 6. The van der Waals surface area contributed by atoms with E-state index in [1.54, 1.807) is 0 Å². The number of hydrogen-bond acceptors (Lipinski definition) is 4. The number of piperazine rings is 1. The lowest BCUT2D eigenvalue weighted by molar-refractivity contribution is 0.0937. The molecule has 0 saturated carbocycles. The standard InChI is InChI=1S/C17H29N3O/c1-14(2)10-18-11-16-5-6-17(21-16)13-19-8-9-20-7-3-4-15(20)12-19/h5-6,14-15,18H,3-4,7-13H2,1-2H3. The summed E-state index contributed by atoms with van der Waals surface area (Å²) in [7, 11) is 0. The van der Waals surface area contributed by atoms with Gasteiger partial charge in [0.1, 0.15) is 11.5 Å². The van der Waals surface area contributed by atoms with Crippen LogP contribution in [0.4, 0.5) is 0 Å². The molecule has 3 rings (SSSR count). The Balaban J connectivity index is 1.46.